The van der Waals surface area contributed by atoms with Crippen molar-refractivity contribution in [2.45, 2.75) is 108 Å². The van der Waals surface area contributed by atoms with Crippen molar-refractivity contribution in [3.63, 3.8) is 0 Å². The van der Waals surface area contributed by atoms with Gasteiger partial charge in [0.15, 0.2) is 8.32 Å². The van der Waals surface area contributed by atoms with Crippen molar-refractivity contribution in [3.05, 3.63) is 58.2 Å². The lowest BCUT2D eigenvalue weighted by Crippen LogP contribution is -2.56. The number of carbonyl (C=O) groups is 3. The van der Waals surface area contributed by atoms with Gasteiger partial charge < -0.3 is 32.5 Å². The summed E-state index contributed by atoms with van der Waals surface area (Å²) in [7, 11) is -0.418. The van der Waals surface area contributed by atoms with E-state index in [4.69, 9.17) is 32.5 Å². The van der Waals surface area contributed by atoms with Crippen molar-refractivity contribution < 1.29 is 46.9 Å². The van der Waals surface area contributed by atoms with E-state index in [-0.39, 0.29) is 26.8 Å². The largest absolute Gasteiger partial charge is 0.465 e. The van der Waals surface area contributed by atoms with Gasteiger partial charge in [0.05, 0.1) is 38.6 Å². The number of benzene rings is 1. The molecular formula is C35H52O10Si2. The first-order valence-corrected chi connectivity index (χ1v) is 21.5. The highest BCUT2D eigenvalue weighted by Gasteiger charge is 2.74. The van der Waals surface area contributed by atoms with Crippen LogP contribution in [0.25, 0.3) is 0 Å². The van der Waals surface area contributed by atoms with E-state index in [1.807, 2.05) is 37.3 Å². The molecule has 47 heavy (non-hydrogen) atoms. The second kappa shape index (κ2) is 12.4. The van der Waals surface area contributed by atoms with Crippen LogP contribution < -0.4 is 0 Å². The zero-order valence-corrected chi connectivity index (χ0v) is 32.4. The van der Waals surface area contributed by atoms with Crippen LogP contribution in [0.15, 0.2) is 52.6 Å². The van der Waals surface area contributed by atoms with Crippen LogP contribution in [0.4, 0.5) is 0 Å². The molecule has 0 saturated carbocycles. The van der Waals surface area contributed by atoms with Gasteiger partial charge in [-0.15, -0.1) is 0 Å². The Morgan fingerprint density at radius 2 is 1.34 bits per heavy atom. The van der Waals surface area contributed by atoms with E-state index in [0.717, 1.165) is 5.56 Å². The average molecular weight is 689 g/mol. The molecule has 1 aromatic rings. The van der Waals surface area contributed by atoms with Gasteiger partial charge in [-0.2, -0.15) is 0 Å². The molecule has 5 atom stereocenters. The highest BCUT2D eigenvalue weighted by atomic mass is 28.4. The minimum Gasteiger partial charge on any atom is -0.465 e. The molecule has 0 N–H and O–H groups in total. The number of methoxy groups -OCH3 is 4. The number of hydrogen-bond acceptors (Lipinski definition) is 10. The van der Waals surface area contributed by atoms with E-state index >= 15 is 0 Å². The lowest BCUT2D eigenvalue weighted by Gasteiger charge is -2.52. The Hall–Kier alpha value is -2.62. The molecule has 12 heteroatoms. The first-order chi connectivity index (χ1) is 21.6. The van der Waals surface area contributed by atoms with Crippen LogP contribution in [-0.4, -0.2) is 80.5 Å². The average Bonchev–Trinajstić information content (AvgIpc) is 3.37. The van der Waals surface area contributed by atoms with Gasteiger partial charge in [0, 0.05) is 18.6 Å². The quantitative estimate of drug-likeness (QED) is 0.181. The molecule has 3 aliphatic rings. The molecule has 0 aromatic heterocycles. The smallest absolute Gasteiger partial charge is 0.340 e. The summed E-state index contributed by atoms with van der Waals surface area (Å²) < 4.78 is 43.9. The third-order valence-electron chi connectivity index (χ3n) is 10.0. The fraction of sp³-hybridized carbons (Fsp3) is 0.629. The monoisotopic (exact) mass is 688 g/mol. The second-order valence-corrected chi connectivity index (χ2v) is 25.6. The normalized spacial score (nSPS) is 29.2. The van der Waals surface area contributed by atoms with Gasteiger partial charge in [0.2, 0.25) is 14.1 Å². The Labute approximate surface area is 281 Å². The SMILES string of the molecule is COC(=O)C1=C(C(=O)OC)[C@]2(OC)O[C@]3(C)[C@H](C[Si](C(C)(C)C)(C(C)(C)C)O[C@H](c4ccccc4)[C@H]3O[Si](C)(C)C)C2=C1C(=O)OC. The summed E-state index contributed by atoms with van der Waals surface area (Å²) >= 11 is 0. The molecule has 4 rings (SSSR count). The van der Waals surface area contributed by atoms with E-state index in [9.17, 15) is 14.4 Å². The lowest BCUT2D eigenvalue weighted by molar-refractivity contribution is -0.235. The predicted octanol–water partition coefficient (Wildman–Crippen LogP) is 6.40. The van der Waals surface area contributed by atoms with Crippen LogP contribution in [0, 0.1) is 5.92 Å². The maximum atomic E-state index is 13.9. The van der Waals surface area contributed by atoms with E-state index in [2.05, 4.69) is 61.2 Å². The standard InChI is InChI=1S/C35H52O10Si2/c1-32(2,3)47(33(4,5)6)20-22-25-23(29(36)39-8)24(30(37)40-9)26(31(38)41-10)35(25,42-11)45-34(22,7)28(44-46(12,13)14)27(43-47)21-18-16-15-17-19-21/h15-19,22,27-28H,20H2,1-14H3/t22-,27-,28-,34-,35-/m1/s1. The number of hydrogen-bond donors (Lipinski definition) is 0. The summed E-state index contributed by atoms with van der Waals surface area (Å²) in [5.41, 5.74) is -0.667. The fourth-order valence-electron chi connectivity index (χ4n) is 8.12. The molecule has 2 heterocycles. The van der Waals surface area contributed by atoms with Crippen LogP contribution in [0.2, 0.25) is 35.8 Å². The highest BCUT2D eigenvalue weighted by molar-refractivity contribution is 6.79. The second-order valence-electron chi connectivity index (χ2n) is 15.8. The number of ether oxygens (including phenoxy) is 5. The summed E-state index contributed by atoms with van der Waals surface area (Å²) in [4.78, 5) is 41.2. The van der Waals surface area contributed by atoms with Crippen LogP contribution in [0.1, 0.15) is 60.1 Å². The Morgan fingerprint density at radius 1 is 0.830 bits per heavy atom. The molecule has 1 aliphatic carbocycles. The van der Waals surface area contributed by atoms with Crippen molar-refractivity contribution in [1.29, 1.82) is 0 Å². The first kappa shape index (κ1) is 37.2. The van der Waals surface area contributed by atoms with Gasteiger partial charge in [0.25, 0.3) is 0 Å². The summed E-state index contributed by atoms with van der Waals surface area (Å²) in [5.74, 6) is -5.23. The van der Waals surface area contributed by atoms with Crippen LogP contribution in [0.3, 0.4) is 0 Å². The van der Waals surface area contributed by atoms with Gasteiger partial charge in [-0.1, -0.05) is 71.9 Å². The molecule has 1 aromatic carbocycles. The fourth-order valence-corrected chi connectivity index (χ4v) is 15.4. The topological polar surface area (TPSA) is 116 Å². The molecule has 2 aliphatic heterocycles. The summed E-state index contributed by atoms with van der Waals surface area (Å²) in [6.07, 6.45) is -1.30. The maximum absolute atomic E-state index is 13.9. The van der Waals surface area contributed by atoms with E-state index in [1.165, 1.54) is 28.4 Å². The van der Waals surface area contributed by atoms with E-state index in [1.54, 1.807) is 0 Å². The lowest BCUT2D eigenvalue weighted by atomic mass is 9.77. The molecule has 2 fully saturated rings. The maximum Gasteiger partial charge on any atom is 0.340 e. The van der Waals surface area contributed by atoms with Crippen LogP contribution in [-0.2, 0) is 46.9 Å². The molecule has 0 amide bonds. The van der Waals surface area contributed by atoms with Crippen molar-refractivity contribution >= 4 is 34.5 Å². The number of esters is 3. The van der Waals surface area contributed by atoms with Gasteiger partial charge in [-0.25, -0.2) is 14.4 Å². The molecule has 0 bridgehead atoms. The zero-order valence-electron chi connectivity index (χ0n) is 30.4. The summed E-state index contributed by atoms with van der Waals surface area (Å²) in [6, 6.07) is 10.4. The Bertz CT molecular complexity index is 1470. The molecule has 0 spiro atoms. The molecule has 10 nitrogen and oxygen atoms in total. The van der Waals surface area contributed by atoms with Crippen molar-refractivity contribution in [1.82, 2.24) is 0 Å². The Balaban J connectivity index is 2.24. The van der Waals surface area contributed by atoms with E-state index < -0.39 is 64.1 Å². The summed E-state index contributed by atoms with van der Waals surface area (Å²) in [5, 5.41) is -0.695. The molecule has 0 radical (unpaired) electrons. The van der Waals surface area contributed by atoms with Gasteiger partial charge >= 0.3 is 17.9 Å². The molecule has 0 unspecified atom stereocenters. The minimum atomic E-state index is -3.06. The highest BCUT2D eigenvalue weighted by Crippen LogP contribution is 2.68. The van der Waals surface area contributed by atoms with Crippen LogP contribution in [0.5, 0.6) is 0 Å². The number of fused-ring (bicyclic) bond motifs is 3. The van der Waals surface area contributed by atoms with Gasteiger partial charge in [-0.3, -0.25) is 0 Å². The van der Waals surface area contributed by atoms with Crippen molar-refractivity contribution in [3.8, 4) is 0 Å². The molecular weight excluding hydrogens is 637 g/mol. The minimum absolute atomic E-state index is 0.119. The Kier molecular flexibility index (Phi) is 9.79. The van der Waals surface area contributed by atoms with Gasteiger partial charge in [-0.05, 0) is 48.2 Å². The van der Waals surface area contributed by atoms with E-state index in [0.29, 0.717) is 11.6 Å². The molecule has 2 saturated heterocycles. The van der Waals surface area contributed by atoms with Crippen LogP contribution >= 0.6 is 0 Å². The zero-order chi connectivity index (χ0) is 35.5. The summed E-state index contributed by atoms with van der Waals surface area (Å²) in [6.45, 7) is 21.5. The Morgan fingerprint density at radius 3 is 1.79 bits per heavy atom. The third-order valence-corrected chi connectivity index (χ3v) is 17.5. The number of carbonyl (C=O) groups excluding carboxylic acids is 3. The van der Waals surface area contributed by atoms with Gasteiger partial charge in [0.1, 0.15) is 17.3 Å². The third kappa shape index (κ3) is 5.78. The van der Waals surface area contributed by atoms with Crippen molar-refractivity contribution in [2.75, 3.05) is 28.4 Å². The number of rotatable bonds is 7. The van der Waals surface area contributed by atoms with Crippen molar-refractivity contribution in [2.24, 2.45) is 5.92 Å². The first-order valence-electron chi connectivity index (χ1n) is 16.0. The predicted molar refractivity (Wildman–Crippen MR) is 181 cm³/mol. The molecule has 260 valence electrons.